The first kappa shape index (κ1) is 13.6. The minimum Gasteiger partial charge on any atom is -0.325 e. The summed E-state index contributed by atoms with van der Waals surface area (Å²) in [6.07, 6.45) is 7.18. The molecule has 18 heavy (non-hydrogen) atoms. The van der Waals surface area contributed by atoms with E-state index in [2.05, 4.69) is 36.6 Å². The van der Waals surface area contributed by atoms with Gasteiger partial charge in [0.15, 0.2) is 0 Å². The molecule has 1 fully saturated rings. The zero-order chi connectivity index (χ0) is 13.2. The molecular formula is C15H27N3. The highest BCUT2D eigenvalue weighted by Crippen LogP contribution is 2.31. The molecule has 1 heterocycles. The summed E-state index contributed by atoms with van der Waals surface area (Å²) in [6, 6.07) is 2.20. The van der Waals surface area contributed by atoms with Crippen LogP contribution in [0.1, 0.15) is 57.3 Å². The largest absolute Gasteiger partial charge is 0.325 e. The third kappa shape index (κ3) is 3.14. The maximum atomic E-state index is 6.65. The van der Waals surface area contributed by atoms with Crippen molar-refractivity contribution < 1.29 is 0 Å². The monoisotopic (exact) mass is 249 g/mol. The lowest BCUT2D eigenvalue weighted by atomic mass is 9.86. The molecule has 0 saturated heterocycles. The zero-order valence-corrected chi connectivity index (χ0v) is 12.1. The molecule has 0 amide bonds. The zero-order valence-electron chi connectivity index (χ0n) is 12.1. The summed E-state index contributed by atoms with van der Waals surface area (Å²) in [5.74, 6) is 0.841. The van der Waals surface area contributed by atoms with E-state index in [9.17, 15) is 0 Å². The average Bonchev–Trinajstić information content (AvgIpc) is 2.57. The standard InChI is InChI=1S/C15H27N3/c1-4-18-14(10-13(3)17-18)11-15(16)8-5-6-12(2)7-9-15/h10,12H,4-9,11,16H2,1-3H3. The van der Waals surface area contributed by atoms with Gasteiger partial charge in [0, 0.05) is 24.2 Å². The molecule has 102 valence electrons. The van der Waals surface area contributed by atoms with Crippen LogP contribution in [-0.4, -0.2) is 15.3 Å². The maximum absolute atomic E-state index is 6.65. The van der Waals surface area contributed by atoms with Gasteiger partial charge < -0.3 is 5.73 Å². The molecule has 0 bridgehead atoms. The van der Waals surface area contributed by atoms with Crippen LogP contribution >= 0.6 is 0 Å². The molecule has 1 aromatic rings. The van der Waals surface area contributed by atoms with E-state index in [0.29, 0.717) is 0 Å². The molecule has 1 aliphatic rings. The van der Waals surface area contributed by atoms with Crippen LogP contribution in [0.2, 0.25) is 0 Å². The lowest BCUT2D eigenvalue weighted by Crippen LogP contribution is -2.42. The number of aromatic nitrogens is 2. The number of aryl methyl sites for hydroxylation is 2. The van der Waals surface area contributed by atoms with E-state index in [4.69, 9.17) is 5.73 Å². The molecule has 2 atom stereocenters. The van der Waals surface area contributed by atoms with E-state index in [1.54, 1.807) is 0 Å². The van der Waals surface area contributed by atoms with Crippen molar-refractivity contribution in [1.29, 1.82) is 0 Å². The normalized spacial score (nSPS) is 29.2. The third-order valence-corrected chi connectivity index (χ3v) is 4.32. The highest BCUT2D eigenvalue weighted by Gasteiger charge is 2.29. The van der Waals surface area contributed by atoms with Crippen LogP contribution in [0.4, 0.5) is 0 Å². The van der Waals surface area contributed by atoms with Crippen molar-refractivity contribution in [2.24, 2.45) is 11.7 Å². The summed E-state index contributed by atoms with van der Waals surface area (Å²) in [5, 5.41) is 4.53. The number of rotatable bonds is 3. The predicted octanol–water partition coefficient (Wildman–Crippen LogP) is 3.05. The molecule has 3 heteroatoms. The number of hydrogen-bond donors (Lipinski definition) is 1. The second-order valence-electron chi connectivity index (χ2n) is 6.17. The Kier molecular flexibility index (Phi) is 4.10. The van der Waals surface area contributed by atoms with Crippen LogP contribution in [0.3, 0.4) is 0 Å². The van der Waals surface area contributed by atoms with Gasteiger partial charge in [0.25, 0.3) is 0 Å². The molecule has 3 nitrogen and oxygen atoms in total. The first-order valence-corrected chi connectivity index (χ1v) is 7.34. The molecule has 1 aromatic heterocycles. The molecule has 0 aliphatic heterocycles. The van der Waals surface area contributed by atoms with E-state index in [0.717, 1.165) is 37.4 Å². The Morgan fingerprint density at radius 2 is 2.22 bits per heavy atom. The quantitative estimate of drug-likeness (QED) is 0.837. The van der Waals surface area contributed by atoms with Gasteiger partial charge in [-0.1, -0.05) is 19.8 Å². The fourth-order valence-electron chi connectivity index (χ4n) is 3.16. The van der Waals surface area contributed by atoms with Gasteiger partial charge in [0.1, 0.15) is 0 Å². The Bertz CT molecular complexity index is 396. The van der Waals surface area contributed by atoms with Crippen LogP contribution in [0.5, 0.6) is 0 Å². The van der Waals surface area contributed by atoms with Crippen molar-refractivity contribution in [3.8, 4) is 0 Å². The molecular weight excluding hydrogens is 222 g/mol. The van der Waals surface area contributed by atoms with Crippen molar-refractivity contribution in [2.75, 3.05) is 0 Å². The van der Waals surface area contributed by atoms with Gasteiger partial charge in [-0.25, -0.2) is 0 Å². The topological polar surface area (TPSA) is 43.8 Å². The number of nitrogens with zero attached hydrogens (tertiary/aromatic N) is 2. The Morgan fingerprint density at radius 3 is 2.94 bits per heavy atom. The van der Waals surface area contributed by atoms with Crippen molar-refractivity contribution in [1.82, 2.24) is 9.78 Å². The molecule has 2 unspecified atom stereocenters. The second kappa shape index (κ2) is 5.43. The Balaban J connectivity index is 2.11. The van der Waals surface area contributed by atoms with Gasteiger partial charge in [-0.15, -0.1) is 0 Å². The van der Waals surface area contributed by atoms with E-state index in [1.165, 1.54) is 25.0 Å². The summed E-state index contributed by atoms with van der Waals surface area (Å²) in [7, 11) is 0. The number of nitrogens with two attached hydrogens (primary N) is 1. The second-order valence-corrected chi connectivity index (χ2v) is 6.17. The summed E-state index contributed by atoms with van der Waals surface area (Å²) in [5.41, 5.74) is 9.06. The summed E-state index contributed by atoms with van der Waals surface area (Å²) < 4.78 is 2.11. The van der Waals surface area contributed by atoms with Crippen LogP contribution in [0.25, 0.3) is 0 Å². The molecule has 2 rings (SSSR count). The van der Waals surface area contributed by atoms with Gasteiger partial charge in [-0.2, -0.15) is 5.10 Å². The molecule has 0 radical (unpaired) electrons. The van der Waals surface area contributed by atoms with Crippen LogP contribution in [-0.2, 0) is 13.0 Å². The van der Waals surface area contributed by atoms with E-state index >= 15 is 0 Å². The van der Waals surface area contributed by atoms with Crippen LogP contribution in [0, 0.1) is 12.8 Å². The van der Waals surface area contributed by atoms with Crippen molar-refractivity contribution in [2.45, 2.75) is 71.4 Å². The highest BCUT2D eigenvalue weighted by atomic mass is 15.3. The van der Waals surface area contributed by atoms with E-state index in [-0.39, 0.29) is 5.54 Å². The molecule has 2 N–H and O–H groups in total. The fourth-order valence-corrected chi connectivity index (χ4v) is 3.16. The lowest BCUT2D eigenvalue weighted by molar-refractivity contribution is 0.353. The molecule has 0 spiro atoms. The van der Waals surface area contributed by atoms with E-state index < -0.39 is 0 Å². The van der Waals surface area contributed by atoms with Crippen molar-refractivity contribution >= 4 is 0 Å². The first-order valence-electron chi connectivity index (χ1n) is 7.34. The smallest absolute Gasteiger partial charge is 0.0596 e. The fraction of sp³-hybridized carbons (Fsp3) is 0.800. The number of hydrogen-bond acceptors (Lipinski definition) is 2. The van der Waals surface area contributed by atoms with Crippen molar-refractivity contribution in [3.05, 3.63) is 17.5 Å². The minimum absolute atomic E-state index is 0.00977. The van der Waals surface area contributed by atoms with Crippen molar-refractivity contribution in [3.63, 3.8) is 0 Å². The lowest BCUT2D eigenvalue weighted by Gasteiger charge is -2.28. The third-order valence-electron chi connectivity index (χ3n) is 4.32. The summed E-state index contributed by atoms with van der Waals surface area (Å²) >= 11 is 0. The molecule has 1 aliphatic carbocycles. The van der Waals surface area contributed by atoms with Gasteiger partial charge in [0.2, 0.25) is 0 Å². The predicted molar refractivity (Wildman–Crippen MR) is 75.5 cm³/mol. The first-order chi connectivity index (χ1) is 8.52. The Labute approximate surface area is 111 Å². The Morgan fingerprint density at radius 1 is 1.44 bits per heavy atom. The van der Waals surface area contributed by atoms with Crippen LogP contribution < -0.4 is 5.73 Å². The van der Waals surface area contributed by atoms with Gasteiger partial charge in [-0.05, 0) is 45.1 Å². The van der Waals surface area contributed by atoms with Crippen LogP contribution in [0.15, 0.2) is 6.07 Å². The van der Waals surface area contributed by atoms with E-state index in [1.807, 2.05) is 0 Å². The molecule has 0 aromatic carbocycles. The van der Waals surface area contributed by atoms with Gasteiger partial charge >= 0.3 is 0 Å². The van der Waals surface area contributed by atoms with Gasteiger partial charge in [-0.3, -0.25) is 4.68 Å². The summed E-state index contributed by atoms with van der Waals surface area (Å²) in [6.45, 7) is 7.50. The minimum atomic E-state index is -0.00977. The molecule has 1 saturated carbocycles. The SMILES string of the molecule is CCn1nc(C)cc1CC1(N)CCCC(C)CC1. The Hall–Kier alpha value is -0.830. The average molecular weight is 249 g/mol. The van der Waals surface area contributed by atoms with Gasteiger partial charge in [0.05, 0.1) is 5.69 Å². The highest BCUT2D eigenvalue weighted by molar-refractivity contribution is 5.13. The maximum Gasteiger partial charge on any atom is 0.0596 e. The summed E-state index contributed by atoms with van der Waals surface area (Å²) in [4.78, 5) is 0.